The third kappa shape index (κ3) is 6.46. The molecule has 0 radical (unpaired) electrons. The van der Waals surface area contributed by atoms with Gasteiger partial charge in [-0.25, -0.2) is 0 Å². The predicted molar refractivity (Wildman–Crippen MR) is 144 cm³/mol. The topological polar surface area (TPSA) is 107 Å². The van der Waals surface area contributed by atoms with E-state index in [0.717, 1.165) is 35.0 Å². The van der Waals surface area contributed by atoms with Crippen LogP contribution in [0.1, 0.15) is 32.6 Å². The normalized spacial score (nSPS) is 10.8. The van der Waals surface area contributed by atoms with Gasteiger partial charge in [0.25, 0.3) is 5.91 Å². The average Bonchev–Trinajstić information content (AvgIpc) is 2.96. The Labute approximate surface area is 216 Å². The Morgan fingerprint density at radius 2 is 1.46 bits per heavy atom. The Hall–Kier alpha value is -4.78. The van der Waals surface area contributed by atoms with E-state index in [0.29, 0.717) is 18.7 Å². The lowest BCUT2D eigenvalue weighted by Crippen LogP contribution is -2.52. The summed E-state index contributed by atoms with van der Waals surface area (Å²) in [5, 5.41) is 17.6. The minimum Gasteiger partial charge on any atom is -0.352 e. The van der Waals surface area contributed by atoms with Crippen molar-refractivity contribution in [3.63, 3.8) is 0 Å². The van der Waals surface area contributed by atoms with Gasteiger partial charge in [0.2, 0.25) is 0 Å². The number of hydrogen-bond donors (Lipinski definition) is 4. The number of carbonyl (C=O) groups is 2. The number of nitrogens with one attached hydrogen (secondary N) is 4. The molecule has 0 spiro atoms. The van der Waals surface area contributed by atoms with Gasteiger partial charge in [-0.05, 0) is 52.9 Å². The van der Waals surface area contributed by atoms with Crippen molar-refractivity contribution in [2.45, 2.75) is 18.5 Å². The number of nitrogens with zero attached hydrogens (tertiary/aromatic N) is 1. The van der Waals surface area contributed by atoms with Gasteiger partial charge in [-0.3, -0.25) is 20.0 Å². The summed E-state index contributed by atoms with van der Waals surface area (Å²) in [7, 11) is 0. The molecule has 7 heteroatoms. The Morgan fingerprint density at radius 1 is 0.811 bits per heavy atom. The zero-order chi connectivity index (χ0) is 25.9. The number of guanidine groups is 1. The molecule has 4 rings (SSSR count). The van der Waals surface area contributed by atoms with Crippen LogP contribution in [0, 0.1) is 5.41 Å². The highest BCUT2D eigenvalue weighted by Gasteiger charge is 2.34. The third-order valence-corrected chi connectivity index (χ3v) is 6.06. The second-order valence-corrected chi connectivity index (χ2v) is 8.57. The lowest BCUT2D eigenvalue weighted by atomic mass is 9.84. The highest BCUT2D eigenvalue weighted by Crippen LogP contribution is 2.27. The molecular weight excluding hydrogens is 462 g/mol. The minimum atomic E-state index is -1.22. The number of aromatic nitrogens is 1. The fourth-order valence-electron chi connectivity index (χ4n) is 4.10. The summed E-state index contributed by atoms with van der Waals surface area (Å²) < 4.78 is 0. The van der Waals surface area contributed by atoms with Gasteiger partial charge in [0.15, 0.2) is 12.2 Å². The lowest BCUT2D eigenvalue weighted by molar-refractivity contribution is -0.111. The number of aldehydes is 1. The van der Waals surface area contributed by atoms with Gasteiger partial charge in [-0.1, -0.05) is 72.8 Å². The van der Waals surface area contributed by atoms with E-state index >= 15 is 0 Å². The zero-order valence-corrected chi connectivity index (χ0v) is 20.4. The van der Waals surface area contributed by atoms with Crippen LogP contribution in [-0.2, 0) is 23.3 Å². The Bertz CT molecular complexity index is 1290. The Kier molecular flexibility index (Phi) is 8.39. The summed E-state index contributed by atoms with van der Waals surface area (Å²) in [6, 6.07) is 29.8. The summed E-state index contributed by atoms with van der Waals surface area (Å²) in [4.78, 5) is 29.1. The highest BCUT2D eigenvalue weighted by atomic mass is 16.1. The van der Waals surface area contributed by atoms with E-state index in [9.17, 15) is 9.59 Å². The Morgan fingerprint density at radius 3 is 2.08 bits per heavy atom. The number of benzene rings is 3. The molecule has 0 bridgehead atoms. The van der Waals surface area contributed by atoms with E-state index < -0.39 is 5.54 Å². The molecule has 0 unspecified atom stereocenters. The molecule has 0 fully saturated rings. The summed E-state index contributed by atoms with van der Waals surface area (Å²) in [6.07, 6.45) is 5.02. The monoisotopic (exact) mass is 491 g/mol. The minimum absolute atomic E-state index is 0.00740. The van der Waals surface area contributed by atoms with Crippen LogP contribution in [0.5, 0.6) is 0 Å². The fourth-order valence-corrected chi connectivity index (χ4v) is 4.10. The van der Waals surface area contributed by atoms with Gasteiger partial charge in [0.05, 0.1) is 0 Å². The molecule has 0 saturated heterocycles. The van der Waals surface area contributed by atoms with Crippen LogP contribution in [0.4, 0.5) is 0 Å². The highest BCUT2D eigenvalue weighted by molar-refractivity contribution is 5.94. The molecule has 0 atom stereocenters. The van der Waals surface area contributed by atoms with Crippen molar-refractivity contribution < 1.29 is 9.59 Å². The van der Waals surface area contributed by atoms with Crippen molar-refractivity contribution in [1.29, 1.82) is 5.41 Å². The van der Waals surface area contributed by atoms with Crippen LogP contribution in [0.2, 0.25) is 0 Å². The van der Waals surface area contributed by atoms with Crippen LogP contribution >= 0.6 is 0 Å². The first-order valence-corrected chi connectivity index (χ1v) is 12.0. The molecule has 1 amide bonds. The van der Waals surface area contributed by atoms with Gasteiger partial charge >= 0.3 is 0 Å². The molecule has 37 heavy (non-hydrogen) atoms. The lowest BCUT2D eigenvalue weighted by Gasteiger charge is -2.31. The van der Waals surface area contributed by atoms with Gasteiger partial charge in [0, 0.05) is 31.0 Å². The quantitative estimate of drug-likeness (QED) is 0.153. The first-order chi connectivity index (χ1) is 18.1. The molecule has 186 valence electrons. The second kappa shape index (κ2) is 12.3. The summed E-state index contributed by atoms with van der Waals surface area (Å²) in [5.41, 5.74) is 2.73. The third-order valence-electron chi connectivity index (χ3n) is 6.06. The summed E-state index contributed by atoms with van der Waals surface area (Å²) >= 11 is 0. The molecule has 4 aromatic rings. The largest absolute Gasteiger partial charge is 0.352 e. The summed E-state index contributed by atoms with van der Waals surface area (Å²) in [5.74, 6) is -0.163. The molecule has 0 aliphatic carbocycles. The van der Waals surface area contributed by atoms with Crippen molar-refractivity contribution in [3.8, 4) is 0 Å². The molecule has 3 aromatic carbocycles. The average molecular weight is 492 g/mol. The van der Waals surface area contributed by atoms with Crippen LogP contribution in [0.3, 0.4) is 0 Å². The van der Waals surface area contributed by atoms with E-state index in [1.165, 1.54) is 0 Å². The standard InChI is InChI=1S/C30H29N5O2/c31-29(35-30(22-36,26-10-3-1-4-11-26)27-12-5-2-6-13-27)34-21-24-8-7-9-25(20-24)28(37)33-19-16-23-14-17-32-18-15-23/h1-15,17-18,20,22H,16,19,21H2,(H,33,37)(H3,31,34,35). The van der Waals surface area contributed by atoms with Gasteiger partial charge in [-0.2, -0.15) is 0 Å². The first kappa shape index (κ1) is 25.3. The van der Waals surface area contributed by atoms with E-state index in [1.54, 1.807) is 24.5 Å². The number of hydrogen-bond acceptors (Lipinski definition) is 4. The Balaban J connectivity index is 1.39. The zero-order valence-electron chi connectivity index (χ0n) is 20.4. The maximum atomic E-state index is 12.6. The maximum Gasteiger partial charge on any atom is 0.251 e. The second-order valence-electron chi connectivity index (χ2n) is 8.57. The molecule has 0 aliphatic rings. The fraction of sp³-hybridized carbons (Fsp3) is 0.133. The molecular formula is C30H29N5O2. The molecule has 0 saturated carbocycles. The van der Waals surface area contributed by atoms with E-state index in [4.69, 9.17) is 5.41 Å². The van der Waals surface area contributed by atoms with Gasteiger partial charge < -0.3 is 16.0 Å². The summed E-state index contributed by atoms with van der Waals surface area (Å²) in [6.45, 7) is 0.828. The van der Waals surface area contributed by atoms with E-state index in [-0.39, 0.29) is 11.9 Å². The number of amides is 1. The molecule has 1 heterocycles. The smallest absolute Gasteiger partial charge is 0.251 e. The molecule has 4 N–H and O–H groups in total. The SMILES string of the molecule is N=C(NCc1cccc(C(=O)NCCc2ccncc2)c1)NC(C=O)(c1ccccc1)c1ccccc1. The number of carbonyl (C=O) groups excluding carboxylic acids is 2. The van der Waals surface area contributed by atoms with Gasteiger partial charge in [0.1, 0.15) is 5.54 Å². The van der Waals surface area contributed by atoms with E-state index in [2.05, 4.69) is 20.9 Å². The molecule has 7 nitrogen and oxygen atoms in total. The van der Waals surface area contributed by atoms with Crippen molar-refractivity contribution in [2.75, 3.05) is 6.54 Å². The predicted octanol–water partition coefficient (Wildman–Crippen LogP) is 3.81. The maximum absolute atomic E-state index is 12.6. The van der Waals surface area contributed by atoms with Crippen molar-refractivity contribution in [3.05, 3.63) is 137 Å². The van der Waals surface area contributed by atoms with Crippen molar-refractivity contribution >= 4 is 18.2 Å². The van der Waals surface area contributed by atoms with Crippen molar-refractivity contribution in [2.24, 2.45) is 0 Å². The van der Waals surface area contributed by atoms with Gasteiger partial charge in [-0.15, -0.1) is 0 Å². The first-order valence-electron chi connectivity index (χ1n) is 12.0. The number of pyridine rings is 1. The molecule has 1 aromatic heterocycles. The van der Waals surface area contributed by atoms with Crippen LogP contribution < -0.4 is 16.0 Å². The van der Waals surface area contributed by atoms with E-state index in [1.807, 2.05) is 84.9 Å². The van der Waals surface area contributed by atoms with Crippen molar-refractivity contribution in [1.82, 2.24) is 20.9 Å². The van der Waals surface area contributed by atoms with Crippen LogP contribution in [-0.4, -0.2) is 29.7 Å². The number of rotatable bonds is 10. The van der Waals surface area contributed by atoms with Crippen LogP contribution in [0.15, 0.2) is 109 Å². The molecule has 0 aliphatic heterocycles. The van der Waals surface area contributed by atoms with Crippen LogP contribution in [0.25, 0.3) is 0 Å².